The van der Waals surface area contributed by atoms with Gasteiger partial charge in [0.15, 0.2) is 0 Å². The molecule has 0 aliphatic heterocycles. The summed E-state index contributed by atoms with van der Waals surface area (Å²) < 4.78 is 27.2. The summed E-state index contributed by atoms with van der Waals surface area (Å²) >= 11 is 0. The van der Waals surface area contributed by atoms with Crippen LogP contribution in [0.4, 0.5) is 14.5 Å². The minimum Gasteiger partial charge on any atom is -0.478 e. The molecule has 1 aliphatic carbocycles. The van der Waals surface area contributed by atoms with Gasteiger partial charge in [-0.15, -0.1) is 0 Å². The van der Waals surface area contributed by atoms with Gasteiger partial charge in [0.1, 0.15) is 11.6 Å². The van der Waals surface area contributed by atoms with Crippen molar-refractivity contribution in [2.24, 2.45) is 5.92 Å². The van der Waals surface area contributed by atoms with Crippen molar-refractivity contribution in [3.05, 3.63) is 29.3 Å². The number of aromatic carboxylic acids is 1. The Morgan fingerprint density at radius 2 is 2.00 bits per heavy atom. The highest BCUT2D eigenvalue weighted by molar-refractivity contribution is 5.89. The number of hydrogen-bond acceptors (Lipinski definition) is 2. The van der Waals surface area contributed by atoms with Crippen molar-refractivity contribution >= 4 is 11.7 Å². The molecule has 2 unspecified atom stereocenters. The minimum atomic E-state index is -1.39. The predicted octanol–water partition coefficient (Wildman–Crippen LogP) is 4.43. The van der Waals surface area contributed by atoms with Crippen molar-refractivity contribution in [3.63, 3.8) is 0 Å². The summed E-state index contributed by atoms with van der Waals surface area (Å²) in [5, 5.41) is 12.0. The van der Waals surface area contributed by atoms with Crippen LogP contribution in [0.3, 0.4) is 0 Å². The maximum absolute atomic E-state index is 13.8. The van der Waals surface area contributed by atoms with E-state index >= 15 is 0 Å². The molecule has 1 saturated carbocycles. The van der Waals surface area contributed by atoms with E-state index in [1.165, 1.54) is 6.42 Å². The lowest BCUT2D eigenvalue weighted by molar-refractivity contribution is 0.0692. The number of benzene rings is 1. The van der Waals surface area contributed by atoms with E-state index in [1.54, 1.807) is 0 Å². The number of carboxylic acid groups (broad SMARTS) is 1. The van der Waals surface area contributed by atoms with Crippen molar-refractivity contribution < 1.29 is 18.7 Å². The van der Waals surface area contributed by atoms with Crippen molar-refractivity contribution in [1.29, 1.82) is 0 Å². The molecule has 3 nitrogen and oxygen atoms in total. The fourth-order valence-electron chi connectivity index (χ4n) is 2.97. The molecule has 2 N–H and O–H groups in total. The third-order valence-electron chi connectivity index (χ3n) is 4.31. The van der Waals surface area contributed by atoms with Crippen LogP contribution in [0.15, 0.2) is 12.1 Å². The highest BCUT2D eigenvalue weighted by Gasteiger charge is 2.20. The van der Waals surface area contributed by atoms with Gasteiger partial charge in [-0.3, -0.25) is 0 Å². The number of carboxylic acids is 1. The van der Waals surface area contributed by atoms with Gasteiger partial charge in [-0.2, -0.15) is 0 Å². The van der Waals surface area contributed by atoms with Crippen LogP contribution in [-0.2, 0) is 0 Å². The summed E-state index contributed by atoms with van der Waals surface area (Å²) in [5.74, 6) is -2.46. The van der Waals surface area contributed by atoms with Gasteiger partial charge in [-0.25, -0.2) is 13.6 Å². The van der Waals surface area contributed by atoms with E-state index in [-0.39, 0.29) is 11.7 Å². The van der Waals surface area contributed by atoms with Crippen LogP contribution in [0.25, 0.3) is 0 Å². The van der Waals surface area contributed by atoms with Crippen LogP contribution in [0, 0.1) is 17.6 Å². The van der Waals surface area contributed by atoms with Gasteiger partial charge in [-0.1, -0.05) is 26.2 Å². The van der Waals surface area contributed by atoms with Crippen molar-refractivity contribution in [1.82, 2.24) is 0 Å². The Kier molecular flexibility index (Phi) is 5.15. The van der Waals surface area contributed by atoms with E-state index in [4.69, 9.17) is 5.11 Å². The van der Waals surface area contributed by atoms with Gasteiger partial charge >= 0.3 is 5.97 Å². The molecule has 2 rings (SSSR count). The molecule has 1 aromatic rings. The summed E-state index contributed by atoms with van der Waals surface area (Å²) in [5.41, 5.74) is -0.423. The molecule has 0 bridgehead atoms. The van der Waals surface area contributed by atoms with Gasteiger partial charge in [-0.05, 0) is 31.2 Å². The van der Waals surface area contributed by atoms with E-state index in [9.17, 15) is 13.6 Å². The van der Waals surface area contributed by atoms with Gasteiger partial charge < -0.3 is 10.4 Å². The van der Waals surface area contributed by atoms with Crippen molar-refractivity contribution in [2.45, 2.75) is 51.5 Å². The third kappa shape index (κ3) is 3.93. The molecule has 5 heteroatoms. The van der Waals surface area contributed by atoms with E-state index in [1.807, 2.05) is 0 Å². The Hall–Kier alpha value is -1.65. The van der Waals surface area contributed by atoms with Crippen LogP contribution in [0.1, 0.15) is 55.8 Å². The lowest BCUT2D eigenvalue weighted by Gasteiger charge is -2.19. The van der Waals surface area contributed by atoms with Gasteiger partial charge in [0.25, 0.3) is 0 Å². The number of halogens is 2. The Labute approximate surface area is 123 Å². The number of nitrogens with one attached hydrogen (secondary N) is 1. The Morgan fingerprint density at radius 1 is 1.24 bits per heavy atom. The van der Waals surface area contributed by atoms with Crippen molar-refractivity contribution in [3.8, 4) is 0 Å². The lowest BCUT2D eigenvalue weighted by Crippen LogP contribution is -2.20. The number of anilines is 1. The summed E-state index contributed by atoms with van der Waals surface area (Å²) in [6, 6.07) is 1.80. The minimum absolute atomic E-state index is 0.0775. The Balaban J connectivity index is 2.12. The highest BCUT2D eigenvalue weighted by atomic mass is 19.1. The third-order valence-corrected chi connectivity index (χ3v) is 4.31. The standard InChI is InChI=1S/C16H21F2NO2/c1-2-10-4-3-5-11(7-6-10)19-15-8-12(16(20)21)13(17)9-14(15)18/h8-11,19H,2-7H2,1H3,(H,20,21). The largest absolute Gasteiger partial charge is 0.478 e. The van der Waals surface area contributed by atoms with E-state index < -0.39 is 23.2 Å². The molecule has 2 atom stereocenters. The normalized spacial score (nSPS) is 22.6. The first-order valence-electron chi connectivity index (χ1n) is 7.50. The maximum atomic E-state index is 13.8. The molecule has 1 fully saturated rings. The van der Waals surface area contributed by atoms with Gasteiger partial charge in [0.2, 0.25) is 0 Å². The SMILES string of the molecule is CCC1CCCC(Nc2cc(C(=O)O)c(F)cc2F)CC1. The lowest BCUT2D eigenvalue weighted by atomic mass is 9.98. The monoisotopic (exact) mass is 297 g/mol. The van der Waals surface area contributed by atoms with Crippen LogP contribution >= 0.6 is 0 Å². The summed E-state index contributed by atoms with van der Waals surface area (Å²) in [6.07, 6.45) is 6.35. The van der Waals surface area contributed by atoms with Crippen LogP contribution in [-0.4, -0.2) is 17.1 Å². The number of rotatable bonds is 4. The molecule has 1 aliphatic rings. The van der Waals surface area contributed by atoms with Crippen LogP contribution in [0.2, 0.25) is 0 Å². The molecule has 0 saturated heterocycles. The second-order valence-electron chi connectivity index (χ2n) is 5.74. The fraction of sp³-hybridized carbons (Fsp3) is 0.562. The molecular formula is C16H21F2NO2. The zero-order valence-corrected chi connectivity index (χ0v) is 12.2. The molecule has 0 spiro atoms. The summed E-state index contributed by atoms with van der Waals surface area (Å²) in [6.45, 7) is 2.18. The van der Waals surface area contributed by atoms with Crippen LogP contribution in [0.5, 0.6) is 0 Å². The van der Waals surface area contributed by atoms with Gasteiger partial charge in [0.05, 0.1) is 11.3 Å². The molecule has 0 radical (unpaired) electrons. The topological polar surface area (TPSA) is 49.3 Å². The smallest absolute Gasteiger partial charge is 0.338 e. The molecule has 0 heterocycles. The molecule has 116 valence electrons. The summed E-state index contributed by atoms with van der Waals surface area (Å²) in [4.78, 5) is 10.9. The summed E-state index contributed by atoms with van der Waals surface area (Å²) in [7, 11) is 0. The molecule has 1 aromatic carbocycles. The predicted molar refractivity (Wildman–Crippen MR) is 77.6 cm³/mol. The van der Waals surface area contributed by atoms with E-state index in [0.717, 1.165) is 38.2 Å². The van der Waals surface area contributed by atoms with Crippen LogP contribution < -0.4 is 5.32 Å². The zero-order valence-electron chi connectivity index (χ0n) is 12.2. The fourth-order valence-corrected chi connectivity index (χ4v) is 2.97. The average molecular weight is 297 g/mol. The first-order chi connectivity index (χ1) is 10.0. The first-order valence-corrected chi connectivity index (χ1v) is 7.50. The quantitative estimate of drug-likeness (QED) is 0.808. The maximum Gasteiger partial charge on any atom is 0.338 e. The Morgan fingerprint density at radius 3 is 2.67 bits per heavy atom. The average Bonchev–Trinajstić information content (AvgIpc) is 2.66. The Bertz CT molecular complexity index is 519. The highest BCUT2D eigenvalue weighted by Crippen LogP contribution is 2.28. The van der Waals surface area contributed by atoms with Crippen molar-refractivity contribution in [2.75, 3.05) is 5.32 Å². The zero-order chi connectivity index (χ0) is 15.4. The molecule has 21 heavy (non-hydrogen) atoms. The second-order valence-corrected chi connectivity index (χ2v) is 5.74. The number of carbonyl (C=O) groups is 1. The van der Waals surface area contributed by atoms with E-state index in [0.29, 0.717) is 12.0 Å². The van der Waals surface area contributed by atoms with Gasteiger partial charge in [0, 0.05) is 12.1 Å². The molecular weight excluding hydrogens is 276 g/mol. The number of hydrogen-bond donors (Lipinski definition) is 2. The molecule has 0 amide bonds. The van der Waals surface area contributed by atoms with E-state index in [2.05, 4.69) is 12.2 Å². The second kappa shape index (κ2) is 6.87. The first kappa shape index (κ1) is 15.7. The molecule has 0 aromatic heterocycles.